The van der Waals surface area contributed by atoms with E-state index < -0.39 is 0 Å². The van der Waals surface area contributed by atoms with Crippen LogP contribution < -0.4 is 10.6 Å². The molecule has 0 radical (unpaired) electrons. The topological polar surface area (TPSA) is 92.1 Å². The minimum atomic E-state index is -0.284. The van der Waals surface area contributed by atoms with Crippen molar-refractivity contribution < 1.29 is 9.90 Å². The zero-order valence-corrected chi connectivity index (χ0v) is 14.3. The second-order valence-electron chi connectivity index (χ2n) is 6.28. The highest BCUT2D eigenvalue weighted by Gasteiger charge is 2.15. The molecule has 130 valence electrons. The van der Waals surface area contributed by atoms with E-state index in [9.17, 15) is 9.90 Å². The molecule has 1 aromatic heterocycles. The molecule has 0 spiro atoms. The van der Waals surface area contributed by atoms with Gasteiger partial charge in [0.05, 0.1) is 24.4 Å². The van der Waals surface area contributed by atoms with Gasteiger partial charge in [-0.05, 0) is 37.0 Å². The van der Waals surface area contributed by atoms with Crippen LogP contribution in [0.5, 0.6) is 0 Å². The number of nitrogens with zero attached hydrogens (tertiary/aromatic N) is 3. The van der Waals surface area contributed by atoms with Crippen molar-refractivity contribution in [1.82, 2.24) is 25.4 Å². The van der Waals surface area contributed by atoms with Gasteiger partial charge in [0.1, 0.15) is 12.7 Å². The van der Waals surface area contributed by atoms with Gasteiger partial charge in [-0.2, -0.15) is 5.10 Å². The number of aliphatic hydroxyl groups is 1. The number of hydrogen-bond donors (Lipinski definition) is 3. The van der Waals surface area contributed by atoms with Gasteiger partial charge in [0.25, 0.3) is 0 Å². The zero-order valence-electron chi connectivity index (χ0n) is 14.3. The molecule has 1 aromatic carbocycles. The van der Waals surface area contributed by atoms with Gasteiger partial charge in [-0.15, -0.1) is 0 Å². The highest BCUT2D eigenvalue weighted by molar-refractivity contribution is 5.74. The summed E-state index contributed by atoms with van der Waals surface area (Å²) in [4.78, 5) is 16.1. The quantitative estimate of drug-likeness (QED) is 0.724. The highest BCUT2D eigenvalue weighted by atomic mass is 16.3. The Bertz CT molecular complexity index is 642. The van der Waals surface area contributed by atoms with Crippen LogP contribution in [-0.2, 0) is 0 Å². The number of urea groups is 1. The maximum Gasteiger partial charge on any atom is 0.315 e. The van der Waals surface area contributed by atoms with Crippen LogP contribution in [0.4, 0.5) is 4.79 Å². The van der Waals surface area contributed by atoms with Crippen molar-refractivity contribution in [2.45, 2.75) is 39.3 Å². The summed E-state index contributed by atoms with van der Waals surface area (Å²) in [5, 5.41) is 19.2. The van der Waals surface area contributed by atoms with Crippen LogP contribution in [0.2, 0.25) is 0 Å². The third kappa shape index (κ3) is 5.06. The van der Waals surface area contributed by atoms with E-state index in [0.717, 1.165) is 17.7 Å². The summed E-state index contributed by atoms with van der Waals surface area (Å²) in [5.74, 6) is 0.402. The lowest BCUT2D eigenvalue weighted by Gasteiger charge is -2.21. The van der Waals surface area contributed by atoms with E-state index in [1.807, 2.05) is 31.2 Å². The van der Waals surface area contributed by atoms with E-state index in [1.54, 1.807) is 11.0 Å². The average molecular weight is 331 g/mol. The molecule has 24 heavy (non-hydrogen) atoms. The molecule has 7 nitrogen and oxygen atoms in total. The monoisotopic (exact) mass is 331 g/mol. The van der Waals surface area contributed by atoms with Gasteiger partial charge in [0.15, 0.2) is 0 Å². The molecule has 0 unspecified atom stereocenters. The number of amides is 2. The van der Waals surface area contributed by atoms with Crippen LogP contribution in [0.25, 0.3) is 5.69 Å². The standard InChI is InChI=1S/C17H25N5O2/c1-12(2)7-15(9-23)21-17(24)20-13(3)14-5-4-6-16(8-14)22-11-18-10-19-22/h4-6,8,10-13,15,23H,7,9H2,1-3H3,(H2,20,21,24)/t13-,15-/m0/s1. The Morgan fingerprint density at radius 3 is 2.71 bits per heavy atom. The summed E-state index contributed by atoms with van der Waals surface area (Å²) >= 11 is 0. The average Bonchev–Trinajstić information content (AvgIpc) is 3.08. The second kappa shape index (κ2) is 8.44. The summed E-state index contributed by atoms with van der Waals surface area (Å²) in [6, 6.07) is 7.05. The second-order valence-corrected chi connectivity index (χ2v) is 6.28. The molecule has 0 saturated carbocycles. The fourth-order valence-corrected chi connectivity index (χ4v) is 2.53. The van der Waals surface area contributed by atoms with Crippen molar-refractivity contribution in [1.29, 1.82) is 0 Å². The van der Waals surface area contributed by atoms with Crippen molar-refractivity contribution in [3.63, 3.8) is 0 Å². The smallest absolute Gasteiger partial charge is 0.315 e. The summed E-state index contributed by atoms with van der Waals surface area (Å²) < 4.78 is 1.67. The van der Waals surface area contributed by atoms with E-state index in [2.05, 4.69) is 34.6 Å². The SMILES string of the molecule is CC(C)C[C@@H](CO)NC(=O)N[C@@H](C)c1cccc(-n2cncn2)c1. The number of nitrogens with one attached hydrogen (secondary N) is 2. The molecule has 1 heterocycles. The Hall–Kier alpha value is -2.41. The summed E-state index contributed by atoms with van der Waals surface area (Å²) in [5.41, 5.74) is 1.84. The Kier molecular flexibility index (Phi) is 6.31. The van der Waals surface area contributed by atoms with Gasteiger partial charge in [-0.3, -0.25) is 0 Å². The van der Waals surface area contributed by atoms with E-state index in [4.69, 9.17) is 0 Å². The predicted octanol–water partition coefficient (Wildman–Crippen LogP) is 2.03. The van der Waals surface area contributed by atoms with Gasteiger partial charge in [0, 0.05) is 0 Å². The Labute approximate surface area is 142 Å². The van der Waals surface area contributed by atoms with Gasteiger partial charge in [-0.25, -0.2) is 14.5 Å². The summed E-state index contributed by atoms with van der Waals surface area (Å²) in [6.45, 7) is 5.96. The number of carbonyl (C=O) groups is 1. The van der Waals surface area contributed by atoms with Crippen molar-refractivity contribution in [3.8, 4) is 5.69 Å². The number of benzene rings is 1. The fraction of sp³-hybridized carbons (Fsp3) is 0.471. The Morgan fingerprint density at radius 2 is 2.08 bits per heavy atom. The first-order valence-electron chi connectivity index (χ1n) is 8.12. The molecule has 3 N–H and O–H groups in total. The maximum absolute atomic E-state index is 12.1. The lowest BCUT2D eigenvalue weighted by Crippen LogP contribution is -2.45. The van der Waals surface area contributed by atoms with Crippen molar-refractivity contribution in [2.24, 2.45) is 5.92 Å². The Balaban J connectivity index is 1.98. The molecular weight excluding hydrogens is 306 g/mol. The molecule has 2 rings (SSSR count). The van der Waals surface area contributed by atoms with Crippen LogP contribution in [0.1, 0.15) is 38.8 Å². The first-order valence-corrected chi connectivity index (χ1v) is 8.12. The first kappa shape index (κ1) is 17.9. The van der Waals surface area contributed by atoms with Crippen LogP contribution in [0.3, 0.4) is 0 Å². The molecule has 2 aromatic rings. The number of aliphatic hydroxyl groups excluding tert-OH is 1. The van der Waals surface area contributed by atoms with Crippen LogP contribution in [0.15, 0.2) is 36.9 Å². The minimum absolute atomic E-state index is 0.0677. The van der Waals surface area contributed by atoms with Crippen molar-refractivity contribution >= 4 is 6.03 Å². The maximum atomic E-state index is 12.1. The normalized spacial score (nSPS) is 13.5. The largest absolute Gasteiger partial charge is 0.394 e. The lowest BCUT2D eigenvalue weighted by molar-refractivity contribution is 0.205. The first-order chi connectivity index (χ1) is 11.5. The number of rotatable bonds is 7. The van der Waals surface area contributed by atoms with Crippen LogP contribution in [0, 0.1) is 5.92 Å². The molecule has 0 saturated heterocycles. The van der Waals surface area contributed by atoms with Gasteiger partial charge >= 0.3 is 6.03 Å². The molecule has 0 aliphatic carbocycles. The minimum Gasteiger partial charge on any atom is -0.394 e. The van der Waals surface area contributed by atoms with E-state index in [1.165, 1.54) is 6.33 Å². The molecule has 2 amide bonds. The summed E-state index contributed by atoms with van der Waals surface area (Å²) in [7, 11) is 0. The molecule has 0 aliphatic heterocycles. The number of carbonyl (C=O) groups excluding carboxylic acids is 1. The molecular formula is C17H25N5O2. The van der Waals surface area contributed by atoms with Crippen LogP contribution in [-0.4, -0.2) is 38.6 Å². The molecule has 0 bridgehead atoms. The Morgan fingerprint density at radius 1 is 1.29 bits per heavy atom. The van der Waals surface area contributed by atoms with Gasteiger partial charge in [-0.1, -0.05) is 26.0 Å². The zero-order chi connectivity index (χ0) is 17.5. The number of aromatic nitrogens is 3. The van der Waals surface area contributed by atoms with Crippen molar-refractivity contribution in [2.75, 3.05) is 6.61 Å². The third-order valence-corrected chi connectivity index (χ3v) is 3.71. The van der Waals surface area contributed by atoms with Crippen LogP contribution >= 0.6 is 0 Å². The van der Waals surface area contributed by atoms with E-state index >= 15 is 0 Å². The molecule has 7 heteroatoms. The van der Waals surface area contributed by atoms with E-state index in [-0.39, 0.29) is 24.7 Å². The van der Waals surface area contributed by atoms with Crippen molar-refractivity contribution in [3.05, 3.63) is 42.5 Å². The molecule has 0 fully saturated rings. The third-order valence-electron chi connectivity index (χ3n) is 3.71. The lowest BCUT2D eigenvalue weighted by atomic mass is 10.0. The van der Waals surface area contributed by atoms with Gasteiger partial charge in [0.2, 0.25) is 0 Å². The highest BCUT2D eigenvalue weighted by Crippen LogP contribution is 2.16. The van der Waals surface area contributed by atoms with Gasteiger partial charge < -0.3 is 15.7 Å². The van der Waals surface area contributed by atoms with E-state index in [0.29, 0.717) is 5.92 Å². The fourth-order valence-electron chi connectivity index (χ4n) is 2.53. The molecule has 0 aliphatic rings. The number of hydrogen-bond acceptors (Lipinski definition) is 4. The summed E-state index contributed by atoms with van der Waals surface area (Å²) in [6.07, 6.45) is 3.84. The molecule has 2 atom stereocenters. The predicted molar refractivity (Wildman–Crippen MR) is 91.8 cm³/mol.